The Hall–Kier alpha value is -3.55. The second-order valence-electron chi connectivity index (χ2n) is 7.98. The number of aromatic nitrogens is 1. The molecule has 1 heterocycles. The third-order valence-corrected chi connectivity index (χ3v) is 5.43. The van der Waals surface area contributed by atoms with Crippen LogP contribution in [0.2, 0.25) is 0 Å². The molecule has 0 saturated heterocycles. The lowest BCUT2D eigenvalue weighted by Gasteiger charge is -2.21. The standard InChI is InChI=1S/C27H28F3NO4/c1-5-24(35-21-11-14-25(17(3)15-21)34-16-26(32)33-6-2)22-12-13-23(31-18(22)4)19-7-9-20(10-8-19)27(28,29)30/h7-15,24H,5-6,16H2,1-4H3. The van der Waals surface area contributed by atoms with E-state index in [9.17, 15) is 18.0 Å². The summed E-state index contributed by atoms with van der Waals surface area (Å²) < 4.78 is 55.1. The van der Waals surface area contributed by atoms with Gasteiger partial charge in [-0.05, 0) is 69.2 Å². The van der Waals surface area contributed by atoms with E-state index in [0.717, 1.165) is 29.0 Å². The summed E-state index contributed by atoms with van der Waals surface area (Å²) in [4.78, 5) is 16.1. The number of alkyl halides is 3. The van der Waals surface area contributed by atoms with Crippen LogP contribution in [-0.4, -0.2) is 24.2 Å². The van der Waals surface area contributed by atoms with Crippen molar-refractivity contribution in [2.75, 3.05) is 13.2 Å². The third-order valence-electron chi connectivity index (χ3n) is 5.43. The molecule has 0 radical (unpaired) electrons. The summed E-state index contributed by atoms with van der Waals surface area (Å²) in [6.07, 6.45) is -3.96. The number of carbonyl (C=O) groups excluding carboxylic acids is 1. The van der Waals surface area contributed by atoms with Crippen LogP contribution >= 0.6 is 0 Å². The minimum absolute atomic E-state index is 0.164. The van der Waals surface area contributed by atoms with Crippen LogP contribution in [0.25, 0.3) is 11.3 Å². The van der Waals surface area contributed by atoms with Gasteiger partial charge in [-0.25, -0.2) is 4.79 Å². The van der Waals surface area contributed by atoms with Gasteiger partial charge in [-0.3, -0.25) is 4.98 Å². The van der Waals surface area contributed by atoms with Gasteiger partial charge in [-0.15, -0.1) is 0 Å². The molecule has 0 saturated carbocycles. The highest BCUT2D eigenvalue weighted by Gasteiger charge is 2.30. The lowest BCUT2D eigenvalue weighted by Crippen LogP contribution is -2.15. The van der Waals surface area contributed by atoms with Crippen molar-refractivity contribution in [2.24, 2.45) is 0 Å². The van der Waals surface area contributed by atoms with Crippen LogP contribution in [0.15, 0.2) is 54.6 Å². The fraction of sp³-hybridized carbons (Fsp3) is 0.333. The number of hydrogen-bond donors (Lipinski definition) is 0. The number of hydrogen-bond acceptors (Lipinski definition) is 5. The number of rotatable bonds is 9. The van der Waals surface area contributed by atoms with E-state index in [1.54, 1.807) is 25.1 Å². The molecule has 35 heavy (non-hydrogen) atoms. The molecule has 1 aromatic heterocycles. The monoisotopic (exact) mass is 487 g/mol. The van der Waals surface area contributed by atoms with E-state index in [1.807, 2.05) is 32.9 Å². The van der Waals surface area contributed by atoms with Gasteiger partial charge in [-0.1, -0.05) is 25.1 Å². The van der Waals surface area contributed by atoms with Crippen molar-refractivity contribution < 1.29 is 32.2 Å². The Labute approximate surface area is 202 Å². The molecule has 3 aromatic rings. The van der Waals surface area contributed by atoms with Crippen molar-refractivity contribution in [3.05, 3.63) is 77.0 Å². The lowest BCUT2D eigenvalue weighted by atomic mass is 10.0. The smallest absolute Gasteiger partial charge is 0.416 e. The maximum Gasteiger partial charge on any atom is 0.416 e. The van der Waals surface area contributed by atoms with Crippen LogP contribution in [0.4, 0.5) is 13.2 Å². The summed E-state index contributed by atoms with van der Waals surface area (Å²) in [5.41, 5.74) is 2.95. The van der Waals surface area contributed by atoms with E-state index in [2.05, 4.69) is 4.98 Å². The number of benzene rings is 2. The Balaban J connectivity index is 1.73. The second kappa shape index (κ2) is 11.3. The Morgan fingerprint density at radius 1 is 1.00 bits per heavy atom. The number of ether oxygens (including phenoxy) is 3. The zero-order chi connectivity index (χ0) is 25.6. The van der Waals surface area contributed by atoms with E-state index < -0.39 is 17.7 Å². The van der Waals surface area contributed by atoms with Gasteiger partial charge in [0.05, 0.1) is 17.9 Å². The normalized spacial score (nSPS) is 12.2. The van der Waals surface area contributed by atoms with Crippen LogP contribution in [0.1, 0.15) is 48.8 Å². The zero-order valence-electron chi connectivity index (χ0n) is 20.1. The largest absolute Gasteiger partial charge is 0.486 e. The quantitative estimate of drug-likeness (QED) is 0.309. The van der Waals surface area contributed by atoms with Crippen molar-refractivity contribution in [2.45, 2.75) is 46.4 Å². The maximum absolute atomic E-state index is 12.8. The average Bonchev–Trinajstić information content (AvgIpc) is 2.82. The highest BCUT2D eigenvalue weighted by atomic mass is 19.4. The molecule has 0 fully saturated rings. The van der Waals surface area contributed by atoms with Gasteiger partial charge < -0.3 is 14.2 Å². The fourth-order valence-corrected chi connectivity index (χ4v) is 3.63. The van der Waals surface area contributed by atoms with Crippen molar-refractivity contribution in [3.63, 3.8) is 0 Å². The molecule has 3 rings (SSSR count). The first kappa shape index (κ1) is 26.1. The topological polar surface area (TPSA) is 57.7 Å². The molecule has 0 aliphatic heterocycles. The summed E-state index contributed by atoms with van der Waals surface area (Å²) in [5.74, 6) is 0.780. The average molecular weight is 488 g/mol. The van der Waals surface area contributed by atoms with E-state index >= 15 is 0 Å². The maximum atomic E-state index is 12.8. The summed E-state index contributed by atoms with van der Waals surface area (Å²) in [7, 11) is 0. The molecular formula is C27H28F3NO4. The van der Waals surface area contributed by atoms with Gasteiger partial charge in [0.2, 0.25) is 0 Å². The van der Waals surface area contributed by atoms with Crippen LogP contribution in [-0.2, 0) is 15.7 Å². The van der Waals surface area contributed by atoms with Crippen molar-refractivity contribution in [1.82, 2.24) is 4.98 Å². The Kier molecular flexibility index (Phi) is 8.38. The number of esters is 1. The van der Waals surface area contributed by atoms with Gasteiger partial charge in [0, 0.05) is 16.8 Å². The summed E-state index contributed by atoms with van der Waals surface area (Å²) in [6, 6.07) is 14.0. The molecule has 2 aromatic carbocycles. The fourth-order valence-electron chi connectivity index (χ4n) is 3.63. The Morgan fingerprint density at radius 3 is 2.29 bits per heavy atom. The van der Waals surface area contributed by atoms with Gasteiger partial charge in [0.25, 0.3) is 0 Å². The number of nitrogens with zero attached hydrogens (tertiary/aromatic N) is 1. The molecule has 186 valence electrons. The van der Waals surface area contributed by atoms with E-state index in [1.165, 1.54) is 12.1 Å². The minimum Gasteiger partial charge on any atom is -0.486 e. The van der Waals surface area contributed by atoms with Crippen LogP contribution in [0.5, 0.6) is 11.5 Å². The zero-order valence-corrected chi connectivity index (χ0v) is 20.1. The number of carbonyl (C=O) groups is 1. The molecule has 0 aliphatic rings. The molecule has 0 aliphatic carbocycles. The molecule has 8 heteroatoms. The Morgan fingerprint density at radius 2 is 1.71 bits per heavy atom. The SMILES string of the molecule is CCOC(=O)COc1ccc(OC(CC)c2ccc(-c3ccc(C(F)(F)F)cc3)nc2C)cc1C. The lowest BCUT2D eigenvalue weighted by molar-refractivity contribution is -0.145. The van der Waals surface area contributed by atoms with Crippen LogP contribution < -0.4 is 9.47 Å². The molecule has 1 unspecified atom stereocenters. The summed E-state index contributed by atoms with van der Waals surface area (Å²) in [6.45, 7) is 7.58. The summed E-state index contributed by atoms with van der Waals surface area (Å²) >= 11 is 0. The number of halogens is 3. The first-order valence-electron chi connectivity index (χ1n) is 11.3. The van der Waals surface area contributed by atoms with Gasteiger partial charge in [-0.2, -0.15) is 13.2 Å². The van der Waals surface area contributed by atoms with Crippen molar-refractivity contribution in [1.29, 1.82) is 0 Å². The molecule has 0 N–H and O–H groups in total. The predicted molar refractivity (Wildman–Crippen MR) is 126 cm³/mol. The molecule has 0 spiro atoms. The van der Waals surface area contributed by atoms with E-state index in [0.29, 0.717) is 35.8 Å². The van der Waals surface area contributed by atoms with Crippen LogP contribution in [0.3, 0.4) is 0 Å². The van der Waals surface area contributed by atoms with E-state index in [-0.39, 0.29) is 12.7 Å². The predicted octanol–water partition coefficient (Wildman–Crippen LogP) is 6.86. The van der Waals surface area contributed by atoms with Crippen molar-refractivity contribution >= 4 is 5.97 Å². The van der Waals surface area contributed by atoms with Crippen LogP contribution in [0, 0.1) is 13.8 Å². The van der Waals surface area contributed by atoms with Gasteiger partial charge in [0.1, 0.15) is 17.6 Å². The molecule has 0 bridgehead atoms. The summed E-state index contributed by atoms with van der Waals surface area (Å²) in [5, 5.41) is 0. The third kappa shape index (κ3) is 6.74. The molecular weight excluding hydrogens is 459 g/mol. The molecule has 5 nitrogen and oxygen atoms in total. The van der Waals surface area contributed by atoms with E-state index in [4.69, 9.17) is 14.2 Å². The number of aryl methyl sites for hydroxylation is 2. The number of pyridine rings is 1. The van der Waals surface area contributed by atoms with Gasteiger partial charge >= 0.3 is 12.1 Å². The molecule has 0 amide bonds. The highest BCUT2D eigenvalue weighted by molar-refractivity contribution is 5.71. The highest BCUT2D eigenvalue weighted by Crippen LogP contribution is 2.33. The Bertz CT molecular complexity index is 1160. The second-order valence-corrected chi connectivity index (χ2v) is 7.98. The van der Waals surface area contributed by atoms with Crippen molar-refractivity contribution in [3.8, 4) is 22.8 Å². The van der Waals surface area contributed by atoms with Gasteiger partial charge in [0.15, 0.2) is 6.61 Å². The first-order valence-corrected chi connectivity index (χ1v) is 11.3. The minimum atomic E-state index is -4.37. The first-order chi connectivity index (χ1) is 16.6. The molecule has 1 atom stereocenters.